The van der Waals surface area contributed by atoms with Crippen LogP contribution >= 0.6 is 0 Å². The number of nitrogens with one attached hydrogen (secondary N) is 1. The Morgan fingerprint density at radius 2 is 2.18 bits per heavy atom. The standard InChI is InChI=1S/C11H15N5O/c1-17-6-2-3-14-11-15-4-5-16(11)10-7-12-9-13-8-10/h4-5,7-9H,2-3,6H2,1H3,(H,14,15). The van der Waals surface area contributed by atoms with Crippen LogP contribution in [0.5, 0.6) is 0 Å². The van der Waals surface area contributed by atoms with Gasteiger partial charge >= 0.3 is 0 Å². The second-order valence-electron chi connectivity index (χ2n) is 3.49. The zero-order valence-corrected chi connectivity index (χ0v) is 9.71. The molecule has 0 unspecified atom stereocenters. The summed E-state index contributed by atoms with van der Waals surface area (Å²) in [4.78, 5) is 12.2. The average molecular weight is 233 g/mol. The molecule has 0 amide bonds. The van der Waals surface area contributed by atoms with Crippen molar-refractivity contribution in [2.24, 2.45) is 0 Å². The largest absolute Gasteiger partial charge is 0.385 e. The minimum absolute atomic E-state index is 0.738. The van der Waals surface area contributed by atoms with E-state index in [2.05, 4.69) is 20.3 Å². The van der Waals surface area contributed by atoms with Crippen LogP contribution in [-0.4, -0.2) is 39.8 Å². The van der Waals surface area contributed by atoms with Crippen molar-refractivity contribution in [3.05, 3.63) is 31.1 Å². The van der Waals surface area contributed by atoms with Crippen molar-refractivity contribution in [1.82, 2.24) is 19.5 Å². The number of imidazole rings is 1. The molecule has 1 N–H and O–H groups in total. The van der Waals surface area contributed by atoms with Gasteiger partial charge in [-0.2, -0.15) is 0 Å². The van der Waals surface area contributed by atoms with Crippen LogP contribution in [0, 0.1) is 0 Å². The van der Waals surface area contributed by atoms with Crippen LogP contribution in [0.25, 0.3) is 5.69 Å². The summed E-state index contributed by atoms with van der Waals surface area (Å²) in [5.74, 6) is 0.788. The minimum Gasteiger partial charge on any atom is -0.385 e. The van der Waals surface area contributed by atoms with E-state index in [1.165, 1.54) is 6.33 Å². The molecule has 0 saturated carbocycles. The molecule has 0 atom stereocenters. The number of nitrogens with zero attached hydrogens (tertiary/aromatic N) is 4. The maximum absolute atomic E-state index is 4.99. The summed E-state index contributed by atoms with van der Waals surface area (Å²) in [5, 5.41) is 3.24. The van der Waals surface area contributed by atoms with Gasteiger partial charge in [-0.1, -0.05) is 0 Å². The Kier molecular flexibility index (Phi) is 4.04. The lowest BCUT2D eigenvalue weighted by atomic mass is 10.4. The topological polar surface area (TPSA) is 64.9 Å². The summed E-state index contributed by atoms with van der Waals surface area (Å²) in [5.41, 5.74) is 0.888. The molecule has 0 radical (unpaired) electrons. The Bertz CT molecular complexity index is 442. The number of aromatic nitrogens is 4. The Balaban J connectivity index is 2.02. The fraction of sp³-hybridized carbons (Fsp3) is 0.364. The molecule has 0 bridgehead atoms. The number of methoxy groups -OCH3 is 1. The molecule has 90 valence electrons. The van der Waals surface area contributed by atoms with E-state index in [1.54, 1.807) is 25.7 Å². The molecular formula is C11H15N5O. The SMILES string of the molecule is COCCCNc1nccn1-c1cncnc1. The van der Waals surface area contributed by atoms with Crippen LogP contribution in [0.4, 0.5) is 5.95 Å². The first-order chi connectivity index (χ1) is 8.42. The lowest BCUT2D eigenvalue weighted by Crippen LogP contribution is -2.09. The maximum atomic E-state index is 4.99. The molecule has 0 aromatic carbocycles. The summed E-state index contributed by atoms with van der Waals surface area (Å²) in [7, 11) is 1.70. The van der Waals surface area contributed by atoms with E-state index in [9.17, 15) is 0 Å². The molecule has 6 nitrogen and oxygen atoms in total. The van der Waals surface area contributed by atoms with E-state index in [0.717, 1.165) is 31.2 Å². The first kappa shape index (κ1) is 11.5. The van der Waals surface area contributed by atoms with Gasteiger partial charge in [0.05, 0.1) is 18.1 Å². The second-order valence-corrected chi connectivity index (χ2v) is 3.49. The van der Waals surface area contributed by atoms with Gasteiger partial charge in [0.1, 0.15) is 6.33 Å². The van der Waals surface area contributed by atoms with Crippen LogP contribution < -0.4 is 5.32 Å². The number of hydrogen-bond donors (Lipinski definition) is 1. The highest BCUT2D eigenvalue weighted by atomic mass is 16.5. The van der Waals surface area contributed by atoms with Crippen LogP contribution in [0.15, 0.2) is 31.1 Å². The summed E-state index contributed by atoms with van der Waals surface area (Å²) in [6, 6.07) is 0. The van der Waals surface area contributed by atoms with E-state index in [4.69, 9.17) is 4.74 Å². The molecule has 0 aliphatic carbocycles. The highest BCUT2D eigenvalue weighted by Gasteiger charge is 2.03. The van der Waals surface area contributed by atoms with E-state index >= 15 is 0 Å². The molecule has 0 aliphatic rings. The summed E-state index contributed by atoms with van der Waals surface area (Å²) < 4.78 is 6.90. The molecule has 6 heteroatoms. The quantitative estimate of drug-likeness (QED) is 0.757. The lowest BCUT2D eigenvalue weighted by molar-refractivity contribution is 0.197. The molecule has 17 heavy (non-hydrogen) atoms. The van der Waals surface area contributed by atoms with Crippen LogP contribution in [0.3, 0.4) is 0 Å². The van der Waals surface area contributed by atoms with Gasteiger partial charge in [-0.05, 0) is 6.42 Å². The van der Waals surface area contributed by atoms with Crippen molar-refractivity contribution in [2.45, 2.75) is 6.42 Å². The maximum Gasteiger partial charge on any atom is 0.207 e. The third-order valence-electron chi connectivity index (χ3n) is 2.27. The monoisotopic (exact) mass is 233 g/mol. The molecule has 0 fully saturated rings. The third-order valence-corrected chi connectivity index (χ3v) is 2.27. The van der Waals surface area contributed by atoms with Crippen molar-refractivity contribution in [2.75, 3.05) is 25.6 Å². The van der Waals surface area contributed by atoms with Crippen molar-refractivity contribution < 1.29 is 4.74 Å². The summed E-state index contributed by atoms with van der Waals surface area (Å²) >= 11 is 0. The van der Waals surface area contributed by atoms with Gasteiger partial charge < -0.3 is 10.1 Å². The molecule has 2 aromatic rings. The van der Waals surface area contributed by atoms with Gasteiger partial charge in [0.2, 0.25) is 5.95 Å². The Morgan fingerprint density at radius 1 is 1.35 bits per heavy atom. The van der Waals surface area contributed by atoms with Crippen molar-refractivity contribution >= 4 is 5.95 Å². The van der Waals surface area contributed by atoms with Crippen LogP contribution in [0.1, 0.15) is 6.42 Å². The van der Waals surface area contributed by atoms with Crippen molar-refractivity contribution in [3.63, 3.8) is 0 Å². The predicted octanol–water partition coefficient (Wildman–Crippen LogP) is 1.11. The Hall–Kier alpha value is -1.95. The number of hydrogen-bond acceptors (Lipinski definition) is 5. The fourth-order valence-corrected chi connectivity index (χ4v) is 1.47. The van der Waals surface area contributed by atoms with Gasteiger partial charge in [0.25, 0.3) is 0 Å². The first-order valence-electron chi connectivity index (χ1n) is 5.43. The van der Waals surface area contributed by atoms with Crippen molar-refractivity contribution in [3.8, 4) is 5.69 Å². The van der Waals surface area contributed by atoms with Gasteiger partial charge in [0.15, 0.2) is 0 Å². The molecule has 0 spiro atoms. The van der Waals surface area contributed by atoms with E-state index in [0.29, 0.717) is 0 Å². The zero-order valence-electron chi connectivity index (χ0n) is 9.71. The third kappa shape index (κ3) is 3.01. The van der Waals surface area contributed by atoms with Gasteiger partial charge in [-0.15, -0.1) is 0 Å². The zero-order chi connectivity index (χ0) is 11.9. The molecule has 0 aliphatic heterocycles. The van der Waals surface area contributed by atoms with Crippen molar-refractivity contribution in [1.29, 1.82) is 0 Å². The smallest absolute Gasteiger partial charge is 0.207 e. The van der Waals surface area contributed by atoms with E-state index in [-0.39, 0.29) is 0 Å². The molecule has 2 aromatic heterocycles. The number of rotatable bonds is 6. The number of anilines is 1. The predicted molar refractivity (Wildman–Crippen MR) is 64.1 cm³/mol. The summed E-state index contributed by atoms with van der Waals surface area (Å²) in [6.45, 7) is 1.56. The highest BCUT2D eigenvalue weighted by Crippen LogP contribution is 2.11. The molecule has 2 rings (SSSR count). The molecule has 0 saturated heterocycles. The number of ether oxygens (including phenoxy) is 1. The molecular weight excluding hydrogens is 218 g/mol. The van der Waals surface area contributed by atoms with E-state index < -0.39 is 0 Å². The Labute approximate surface area is 99.7 Å². The second kappa shape index (κ2) is 5.95. The molecule has 2 heterocycles. The van der Waals surface area contributed by atoms with Gasteiger partial charge in [0, 0.05) is 32.7 Å². The fourth-order valence-electron chi connectivity index (χ4n) is 1.47. The highest BCUT2D eigenvalue weighted by molar-refractivity contribution is 5.38. The van der Waals surface area contributed by atoms with Crippen LogP contribution in [0.2, 0.25) is 0 Å². The average Bonchev–Trinajstić information content (AvgIpc) is 2.84. The summed E-state index contributed by atoms with van der Waals surface area (Å²) in [6.07, 6.45) is 9.55. The normalized spacial score (nSPS) is 10.4. The van der Waals surface area contributed by atoms with E-state index in [1.807, 2.05) is 10.8 Å². The van der Waals surface area contributed by atoms with Crippen LogP contribution in [-0.2, 0) is 4.74 Å². The first-order valence-corrected chi connectivity index (χ1v) is 5.43. The Morgan fingerprint density at radius 3 is 2.94 bits per heavy atom. The van der Waals surface area contributed by atoms with Gasteiger partial charge in [-0.25, -0.2) is 15.0 Å². The minimum atomic E-state index is 0.738. The van der Waals surface area contributed by atoms with Gasteiger partial charge in [-0.3, -0.25) is 4.57 Å². The lowest BCUT2D eigenvalue weighted by Gasteiger charge is -2.08.